The van der Waals surface area contributed by atoms with E-state index in [-0.39, 0.29) is 77.5 Å². The van der Waals surface area contributed by atoms with E-state index in [4.69, 9.17) is 5.73 Å². The Labute approximate surface area is 251 Å². The SMILES string of the molecule is CC(C)[C@H](CC(=O)C[C@H]1CCCCCCCCC[C@@H](C(=O)C(N)=O)CC(=O)[C@@H]2[C@@H]3[C@H](CN2C1=O)C3(C)C)C(=O)C1CC1. The van der Waals surface area contributed by atoms with Crippen molar-refractivity contribution in [1.82, 2.24) is 4.90 Å². The summed E-state index contributed by atoms with van der Waals surface area (Å²) >= 11 is 0. The number of Topliss-reactive ketones (excluding diaryl/α,β-unsaturated/α-hetero) is 4. The van der Waals surface area contributed by atoms with E-state index < -0.39 is 29.6 Å². The minimum Gasteiger partial charge on any atom is -0.363 e. The lowest BCUT2D eigenvalue weighted by atomic mass is 9.82. The molecule has 4 aliphatic rings. The number of rotatable bonds is 9. The summed E-state index contributed by atoms with van der Waals surface area (Å²) in [4.78, 5) is 80.6. The smallest absolute Gasteiger partial charge is 0.285 e. The van der Waals surface area contributed by atoms with Crippen LogP contribution in [-0.4, -0.2) is 52.4 Å². The van der Waals surface area contributed by atoms with Crippen LogP contribution in [0.3, 0.4) is 0 Å². The van der Waals surface area contributed by atoms with Gasteiger partial charge in [0, 0.05) is 49.5 Å². The number of hydrogen-bond donors (Lipinski definition) is 1. The van der Waals surface area contributed by atoms with Gasteiger partial charge in [-0.1, -0.05) is 72.6 Å². The Morgan fingerprint density at radius 3 is 2.05 bits per heavy atom. The summed E-state index contributed by atoms with van der Waals surface area (Å²) in [6.45, 7) is 8.68. The van der Waals surface area contributed by atoms with E-state index in [2.05, 4.69) is 13.8 Å². The Morgan fingerprint density at radius 1 is 0.881 bits per heavy atom. The fourth-order valence-corrected chi connectivity index (χ4v) is 7.92. The molecular formula is C34H52N2O6. The van der Waals surface area contributed by atoms with Gasteiger partial charge < -0.3 is 10.6 Å². The Balaban J connectivity index is 1.55. The predicted octanol–water partition coefficient (Wildman–Crippen LogP) is 4.84. The fraction of sp³-hybridized carbons (Fsp3) is 0.824. The Morgan fingerprint density at radius 2 is 1.48 bits per heavy atom. The minimum atomic E-state index is -1.01. The fourth-order valence-electron chi connectivity index (χ4n) is 7.92. The molecule has 0 aromatic rings. The van der Waals surface area contributed by atoms with Crippen LogP contribution in [0.2, 0.25) is 0 Å². The van der Waals surface area contributed by atoms with Crippen molar-refractivity contribution in [3.05, 3.63) is 0 Å². The average molecular weight is 585 g/mol. The van der Waals surface area contributed by atoms with Gasteiger partial charge in [0.05, 0.1) is 6.04 Å². The van der Waals surface area contributed by atoms with Gasteiger partial charge in [0.1, 0.15) is 11.6 Å². The number of ketones is 4. The van der Waals surface area contributed by atoms with Gasteiger partial charge in [-0.3, -0.25) is 28.8 Å². The quantitative estimate of drug-likeness (QED) is 0.386. The number of carbonyl (C=O) groups is 6. The van der Waals surface area contributed by atoms with E-state index in [9.17, 15) is 28.8 Å². The molecule has 42 heavy (non-hydrogen) atoms. The third kappa shape index (κ3) is 7.39. The molecule has 0 bridgehead atoms. The standard InChI is InChI=1S/C34H52N2O6/c1-20(2)25(30(39)21-14-15-21)18-24(37)16-23-13-11-9-7-5-6-8-10-12-22(31(40)32(35)41)17-27(38)29-28-26(34(28,3)4)19-36(29)33(23)42/h20-23,25-26,28-29H,5-19H2,1-4H3,(H2,35,41)/t22-,23-,25+,26+,28+,29-/m1/s1. The van der Waals surface area contributed by atoms with E-state index in [0.29, 0.717) is 19.4 Å². The number of amides is 2. The van der Waals surface area contributed by atoms with Gasteiger partial charge in [-0.2, -0.15) is 0 Å². The molecule has 2 saturated carbocycles. The molecule has 2 aliphatic heterocycles. The molecule has 6 atom stereocenters. The van der Waals surface area contributed by atoms with Gasteiger partial charge in [0.2, 0.25) is 11.7 Å². The Hall–Kier alpha value is -2.38. The van der Waals surface area contributed by atoms with E-state index in [1.807, 2.05) is 13.8 Å². The first kappa shape index (κ1) is 32.5. The summed E-state index contributed by atoms with van der Waals surface area (Å²) in [5.41, 5.74) is 5.27. The second kappa shape index (κ2) is 13.5. The predicted molar refractivity (Wildman–Crippen MR) is 159 cm³/mol. The van der Waals surface area contributed by atoms with Gasteiger partial charge >= 0.3 is 0 Å². The summed E-state index contributed by atoms with van der Waals surface area (Å²) in [5, 5.41) is 0. The lowest BCUT2D eigenvalue weighted by molar-refractivity contribution is -0.145. The molecule has 234 valence electrons. The molecule has 2 amide bonds. The maximum absolute atomic E-state index is 14.2. The second-order valence-corrected chi connectivity index (χ2v) is 14.7. The van der Waals surface area contributed by atoms with Crippen LogP contribution >= 0.6 is 0 Å². The van der Waals surface area contributed by atoms with Crippen molar-refractivity contribution in [2.24, 2.45) is 52.6 Å². The molecule has 0 spiro atoms. The van der Waals surface area contributed by atoms with E-state index in [1.54, 1.807) is 4.90 Å². The van der Waals surface area contributed by atoms with Crippen molar-refractivity contribution >= 4 is 34.9 Å². The summed E-state index contributed by atoms with van der Waals surface area (Å²) in [7, 11) is 0. The average Bonchev–Trinajstić information content (AvgIpc) is 3.81. The molecule has 0 radical (unpaired) electrons. The van der Waals surface area contributed by atoms with Crippen LogP contribution in [-0.2, 0) is 28.8 Å². The third-order valence-corrected chi connectivity index (χ3v) is 10.9. The highest BCUT2D eigenvalue weighted by Crippen LogP contribution is 2.65. The second-order valence-electron chi connectivity index (χ2n) is 14.7. The first-order chi connectivity index (χ1) is 19.8. The van der Waals surface area contributed by atoms with Crippen LogP contribution in [0.15, 0.2) is 0 Å². The molecular weight excluding hydrogens is 532 g/mol. The van der Waals surface area contributed by atoms with Crippen LogP contribution in [0, 0.1) is 46.8 Å². The maximum Gasteiger partial charge on any atom is 0.285 e. The molecule has 4 fully saturated rings. The van der Waals surface area contributed by atoms with Crippen LogP contribution < -0.4 is 5.73 Å². The molecule has 0 aromatic carbocycles. The normalized spacial score (nSPS) is 31.3. The van der Waals surface area contributed by atoms with Crippen LogP contribution in [0.1, 0.15) is 118 Å². The van der Waals surface area contributed by atoms with Gasteiger partial charge in [-0.05, 0) is 48.9 Å². The van der Waals surface area contributed by atoms with Crippen molar-refractivity contribution in [3.8, 4) is 0 Å². The molecule has 2 aliphatic carbocycles. The number of primary amides is 1. The molecule has 8 nitrogen and oxygen atoms in total. The highest BCUT2D eigenvalue weighted by Gasteiger charge is 2.69. The molecule has 0 aromatic heterocycles. The van der Waals surface area contributed by atoms with Gasteiger partial charge in [0.25, 0.3) is 5.91 Å². The van der Waals surface area contributed by atoms with Gasteiger partial charge in [-0.25, -0.2) is 0 Å². The topological polar surface area (TPSA) is 132 Å². The number of nitrogens with two attached hydrogens (primary N) is 1. The van der Waals surface area contributed by atoms with E-state index >= 15 is 0 Å². The molecule has 8 heteroatoms. The minimum absolute atomic E-state index is 0.00926. The molecule has 2 N–H and O–H groups in total. The molecule has 2 saturated heterocycles. The Kier molecular flexibility index (Phi) is 10.5. The number of hydrogen-bond acceptors (Lipinski definition) is 6. The highest BCUT2D eigenvalue weighted by molar-refractivity contribution is 6.36. The van der Waals surface area contributed by atoms with Gasteiger partial charge in [-0.15, -0.1) is 0 Å². The zero-order valence-corrected chi connectivity index (χ0v) is 26.2. The van der Waals surface area contributed by atoms with Crippen LogP contribution in [0.4, 0.5) is 0 Å². The van der Waals surface area contributed by atoms with Crippen molar-refractivity contribution < 1.29 is 28.8 Å². The lowest BCUT2D eigenvalue weighted by Gasteiger charge is -2.33. The van der Waals surface area contributed by atoms with Gasteiger partial charge in [0.15, 0.2) is 5.78 Å². The van der Waals surface area contributed by atoms with Crippen molar-refractivity contribution in [2.45, 2.75) is 124 Å². The first-order valence-corrected chi connectivity index (χ1v) is 16.6. The summed E-state index contributed by atoms with van der Waals surface area (Å²) in [6.07, 6.45) is 9.61. The maximum atomic E-state index is 14.2. The lowest BCUT2D eigenvalue weighted by Crippen LogP contribution is -2.49. The highest BCUT2D eigenvalue weighted by atomic mass is 16.2. The third-order valence-electron chi connectivity index (χ3n) is 10.9. The Bertz CT molecular complexity index is 1080. The zero-order chi connectivity index (χ0) is 30.8. The van der Waals surface area contributed by atoms with Crippen molar-refractivity contribution in [2.75, 3.05) is 6.54 Å². The molecule has 0 unspecified atom stereocenters. The number of carbonyl (C=O) groups excluding carboxylic acids is 6. The van der Waals surface area contributed by atoms with Crippen molar-refractivity contribution in [1.29, 1.82) is 0 Å². The monoisotopic (exact) mass is 584 g/mol. The number of fused-ring (bicyclic) bond motifs is 3. The summed E-state index contributed by atoms with van der Waals surface area (Å²) < 4.78 is 0. The largest absolute Gasteiger partial charge is 0.363 e. The van der Waals surface area contributed by atoms with Crippen LogP contribution in [0.5, 0.6) is 0 Å². The summed E-state index contributed by atoms with van der Waals surface area (Å²) in [6, 6.07) is -0.647. The first-order valence-electron chi connectivity index (χ1n) is 16.6. The number of nitrogens with zero attached hydrogens (tertiary/aromatic N) is 1. The molecule has 4 rings (SSSR count). The zero-order valence-electron chi connectivity index (χ0n) is 26.2. The van der Waals surface area contributed by atoms with Crippen molar-refractivity contribution in [3.63, 3.8) is 0 Å². The van der Waals surface area contributed by atoms with E-state index in [0.717, 1.165) is 57.8 Å². The van der Waals surface area contributed by atoms with E-state index in [1.165, 1.54) is 0 Å². The molecule has 2 heterocycles. The van der Waals surface area contributed by atoms with Crippen LogP contribution in [0.25, 0.3) is 0 Å². The number of piperidine rings is 1. The summed E-state index contributed by atoms with van der Waals surface area (Å²) in [5.74, 6) is -3.10.